The van der Waals surface area contributed by atoms with Gasteiger partial charge in [-0.3, -0.25) is 4.79 Å². The van der Waals surface area contributed by atoms with Crippen LogP contribution in [0.15, 0.2) is 24.3 Å². The Bertz CT molecular complexity index is 381. The summed E-state index contributed by atoms with van der Waals surface area (Å²) in [7, 11) is -0.0498. The monoisotopic (exact) mass is 278 g/mol. The Balaban J connectivity index is 2.74. The van der Waals surface area contributed by atoms with Crippen molar-refractivity contribution < 1.29 is 4.79 Å². The van der Waals surface area contributed by atoms with Crippen molar-refractivity contribution in [2.24, 2.45) is 5.92 Å². The summed E-state index contributed by atoms with van der Waals surface area (Å²) in [5, 5.41) is 1.46. The Kier molecular flexibility index (Phi) is 7.31. The molecule has 0 amide bonds. The van der Waals surface area contributed by atoms with Gasteiger partial charge in [0.25, 0.3) is 0 Å². The van der Waals surface area contributed by atoms with Crippen LogP contribution in [-0.4, -0.2) is 18.1 Å². The summed E-state index contributed by atoms with van der Waals surface area (Å²) in [6.45, 7) is 8.50. The van der Waals surface area contributed by atoms with E-state index in [1.165, 1.54) is 36.9 Å². The molecule has 1 nitrogen and oxygen atoms in total. The molecule has 1 atom stereocenters. The highest BCUT2D eigenvalue weighted by atomic mass is 31.1. The van der Waals surface area contributed by atoms with E-state index in [9.17, 15) is 4.79 Å². The molecule has 1 aromatic carbocycles. The minimum atomic E-state index is -0.0498. The first-order valence-corrected chi connectivity index (χ1v) is 9.11. The third kappa shape index (κ3) is 5.87. The van der Waals surface area contributed by atoms with Crippen molar-refractivity contribution in [3.63, 3.8) is 0 Å². The first-order valence-electron chi connectivity index (χ1n) is 7.40. The van der Waals surface area contributed by atoms with Crippen LogP contribution in [0.25, 0.3) is 0 Å². The zero-order valence-corrected chi connectivity index (χ0v) is 13.7. The van der Waals surface area contributed by atoms with Gasteiger partial charge in [0.15, 0.2) is 5.78 Å². The van der Waals surface area contributed by atoms with Gasteiger partial charge in [0.1, 0.15) is 0 Å². The topological polar surface area (TPSA) is 17.1 Å². The number of ketones is 1. The summed E-state index contributed by atoms with van der Waals surface area (Å²) < 4.78 is 0. The Hall–Kier alpha value is -0.680. The number of unbranched alkanes of at least 4 members (excludes halogenated alkanes) is 2. The van der Waals surface area contributed by atoms with E-state index < -0.39 is 0 Å². The molecule has 1 aromatic rings. The minimum Gasteiger partial charge on any atom is -0.295 e. The maximum absolute atomic E-state index is 11.3. The quantitative estimate of drug-likeness (QED) is 0.378. The largest absolute Gasteiger partial charge is 0.295 e. The van der Waals surface area contributed by atoms with Crippen LogP contribution < -0.4 is 5.30 Å². The van der Waals surface area contributed by atoms with Crippen LogP contribution in [0.1, 0.15) is 57.3 Å². The molecule has 106 valence electrons. The van der Waals surface area contributed by atoms with Gasteiger partial charge in [-0.1, -0.05) is 65.8 Å². The van der Waals surface area contributed by atoms with Crippen LogP contribution in [-0.2, 0) is 0 Å². The fraction of sp³-hybridized carbons (Fsp3) is 0.588. The molecular formula is C17H27OP. The molecule has 19 heavy (non-hydrogen) atoms. The fourth-order valence-electron chi connectivity index (χ4n) is 2.23. The standard InChI is InChI=1S/C17H27OP/c1-5-6-7-12-19(13-14(2)3)17-10-8-16(9-11-17)15(4)18/h8-11,14H,5-7,12-13H2,1-4H3. The lowest BCUT2D eigenvalue weighted by molar-refractivity contribution is 0.101. The second-order valence-electron chi connectivity index (χ2n) is 5.65. The predicted octanol–water partition coefficient (Wildman–Crippen LogP) is 4.84. The molecule has 0 spiro atoms. The average molecular weight is 278 g/mol. The molecule has 1 unspecified atom stereocenters. The van der Waals surface area contributed by atoms with Crippen molar-refractivity contribution in [3.8, 4) is 0 Å². The third-order valence-corrected chi connectivity index (χ3v) is 6.31. The highest BCUT2D eigenvalue weighted by Gasteiger charge is 2.13. The first-order chi connectivity index (χ1) is 9.04. The summed E-state index contributed by atoms with van der Waals surface area (Å²) in [5.41, 5.74) is 0.830. The van der Waals surface area contributed by atoms with Gasteiger partial charge in [-0.2, -0.15) is 0 Å². The van der Waals surface area contributed by atoms with E-state index in [1.54, 1.807) is 6.92 Å². The number of carbonyl (C=O) groups excluding carboxylic acids is 1. The van der Waals surface area contributed by atoms with Crippen LogP contribution in [0.3, 0.4) is 0 Å². The molecule has 0 radical (unpaired) electrons. The summed E-state index contributed by atoms with van der Waals surface area (Å²) in [6.07, 6.45) is 6.60. The molecule has 0 saturated heterocycles. The van der Waals surface area contributed by atoms with E-state index in [-0.39, 0.29) is 13.7 Å². The van der Waals surface area contributed by atoms with Crippen LogP contribution in [0, 0.1) is 5.92 Å². The zero-order valence-electron chi connectivity index (χ0n) is 12.8. The molecule has 2 heteroatoms. The maximum Gasteiger partial charge on any atom is 0.159 e. The molecular weight excluding hydrogens is 251 g/mol. The van der Waals surface area contributed by atoms with Crippen LogP contribution in [0.5, 0.6) is 0 Å². The number of carbonyl (C=O) groups is 1. The van der Waals surface area contributed by atoms with Crippen LogP contribution >= 0.6 is 7.92 Å². The summed E-state index contributed by atoms with van der Waals surface area (Å²) >= 11 is 0. The van der Waals surface area contributed by atoms with Gasteiger partial charge in [-0.05, 0) is 36.9 Å². The van der Waals surface area contributed by atoms with Gasteiger partial charge in [0, 0.05) is 5.56 Å². The van der Waals surface area contributed by atoms with E-state index in [0.29, 0.717) is 0 Å². The van der Waals surface area contributed by atoms with Gasteiger partial charge in [-0.25, -0.2) is 0 Å². The van der Waals surface area contributed by atoms with E-state index in [2.05, 4.69) is 32.9 Å². The molecule has 0 aliphatic rings. The first kappa shape index (κ1) is 16.4. The molecule has 0 aromatic heterocycles. The van der Waals surface area contributed by atoms with Crippen molar-refractivity contribution in [1.29, 1.82) is 0 Å². The normalized spacial score (nSPS) is 12.7. The van der Waals surface area contributed by atoms with Gasteiger partial charge in [0.05, 0.1) is 0 Å². The number of hydrogen-bond donors (Lipinski definition) is 0. The van der Waals surface area contributed by atoms with E-state index in [4.69, 9.17) is 0 Å². The fourth-order valence-corrected chi connectivity index (χ4v) is 4.94. The number of Topliss-reactive ketones (excluding diaryl/α,β-unsaturated/α-hetero) is 1. The van der Waals surface area contributed by atoms with Gasteiger partial charge in [0.2, 0.25) is 0 Å². The Morgan fingerprint density at radius 2 is 1.79 bits per heavy atom. The van der Waals surface area contributed by atoms with Crippen molar-refractivity contribution >= 4 is 19.0 Å². The van der Waals surface area contributed by atoms with Gasteiger partial charge >= 0.3 is 0 Å². The van der Waals surface area contributed by atoms with Crippen molar-refractivity contribution in [1.82, 2.24) is 0 Å². The molecule has 0 N–H and O–H groups in total. The number of rotatable bonds is 8. The molecule has 0 saturated carbocycles. The number of benzene rings is 1. The predicted molar refractivity (Wildman–Crippen MR) is 87.1 cm³/mol. The summed E-state index contributed by atoms with van der Waals surface area (Å²) in [5.74, 6) is 0.908. The molecule has 0 bridgehead atoms. The van der Waals surface area contributed by atoms with Crippen molar-refractivity contribution in [2.45, 2.75) is 47.0 Å². The molecule has 1 rings (SSSR count). The SMILES string of the molecule is CCCCCP(CC(C)C)c1ccc(C(C)=O)cc1. The smallest absolute Gasteiger partial charge is 0.159 e. The second-order valence-corrected chi connectivity index (χ2v) is 8.06. The Morgan fingerprint density at radius 1 is 1.16 bits per heavy atom. The van der Waals surface area contributed by atoms with Crippen molar-refractivity contribution in [2.75, 3.05) is 12.3 Å². The lowest BCUT2D eigenvalue weighted by atomic mass is 10.2. The Morgan fingerprint density at radius 3 is 2.26 bits per heavy atom. The van der Waals surface area contributed by atoms with Gasteiger partial charge in [-0.15, -0.1) is 0 Å². The maximum atomic E-state index is 11.3. The summed E-state index contributed by atoms with van der Waals surface area (Å²) in [4.78, 5) is 11.3. The second kappa shape index (κ2) is 8.48. The lowest BCUT2D eigenvalue weighted by Crippen LogP contribution is -2.10. The highest BCUT2D eigenvalue weighted by Crippen LogP contribution is 2.37. The zero-order chi connectivity index (χ0) is 14.3. The average Bonchev–Trinajstić information content (AvgIpc) is 2.37. The lowest BCUT2D eigenvalue weighted by Gasteiger charge is -2.20. The van der Waals surface area contributed by atoms with E-state index >= 15 is 0 Å². The Labute approximate surface area is 119 Å². The van der Waals surface area contributed by atoms with E-state index in [0.717, 1.165) is 11.5 Å². The van der Waals surface area contributed by atoms with Crippen LogP contribution in [0.4, 0.5) is 0 Å². The highest BCUT2D eigenvalue weighted by molar-refractivity contribution is 7.65. The van der Waals surface area contributed by atoms with Crippen LogP contribution in [0.2, 0.25) is 0 Å². The molecule has 0 heterocycles. The summed E-state index contributed by atoms with van der Waals surface area (Å²) in [6, 6.07) is 8.34. The number of hydrogen-bond acceptors (Lipinski definition) is 1. The molecule has 0 aliphatic heterocycles. The van der Waals surface area contributed by atoms with Gasteiger partial charge < -0.3 is 0 Å². The third-order valence-electron chi connectivity index (χ3n) is 3.26. The van der Waals surface area contributed by atoms with Crippen molar-refractivity contribution in [3.05, 3.63) is 29.8 Å². The molecule has 0 fully saturated rings. The van der Waals surface area contributed by atoms with E-state index in [1.807, 2.05) is 12.1 Å². The minimum absolute atomic E-state index is 0.0498. The molecule has 0 aliphatic carbocycles.